The van der Waals surface area contributed by atoms with Gasteiger partial charge in [-0.1, -0.05) is 218 Å². The number of aromatic nitrogens is 6. The largest absolute Gasteiger partial charge is 0.309 e. The molecule has 5 heterocycles. The third-order valence-corrected chi connectivity index (χ3v) is 19.2. The first-order chi connectivity index (χ1) is 46.6. The van der Waals surface area contributed by atoms with Crippen molar-refractivity contribution in [2.45, 2.75) is 0 Å². The van der Waals surface area contributed by atoms with Crippen LogP contribution in [-0.4, -0.2) is 28.2 Å². The highest BCUT2D eigenvalue weighted by Gasteiger charge is 2.22. The molecule has 0 atom stereocenters. The van der Waals surface area contributed by atoms with E-state index >= 15 is 0 Å². The molecule has 5 aromatic heterocycles. The van der Waals surface area contributed by atoms with Gasteiger partial charge in [0.05, 0.1) is 55.5 Å². The number of benzene rings is 14. The molecule has 0 fully saturated rings. The van der Waals surface area contributed by atoms with Gasteiger partial charge in [-0.15, -0.1) is 0 Å². The summed E-state index contributed by atoms with van der Waals surface area (Å²) in [7, 11) is 0. The van der Waals surface area contributed by atoms with Gasteiger partial charge in [0.1, 0.15) is 0 Å². The average Bonchev–Trinajstić information content (AvgIpc) is 1.60. The third-order valence-electron chi connectivity index (χ3n) is 19.2. The van der Waals surface area contributed by atoms with E-state index in [-0.39, 0.29) is 0 Å². The second kappa shape index (κ2) is 21.5. The van der Waals surface area contributed by atoms with Crippen LogP contribution in [-0.2, 0) is 0 Å². The van der Waals surface area contributed by atoms with Crippen molar-refractivity contribution in [2.24, 2.45) is 0 Å². The van der Waals surface area contributed by atoms with Crippen LogP contribution in [0.3, 0.4) is 0 Å². The van der Waals surface area contributed by atoms with Crippen molar-refractivity contribution in [3.05, 3.63) is 340 Å². The molecule has 0 aliphatic carbocycles. The highest BCUT2D eigenvalue weighted by Crippen LogP contribution is 2.42. The first-order valence-electron chi connectivity index (χ1n) is 32.1. The van der Waals surface area contributed by atoms with Gasteiger partial charge in [0, 0.05) is 71.3 Å². The van der Waals surface area contributed by atoms with Gasteiger partial charge in [0.25, 0.3) is 0 Å². The van der Waals surface area contributed by atoms with Gasteiger partial charge >= 0.3 is 0 Å². The Morgan fingerprint density at radius 2 is 0.436 bits per heavy atom. The normalized spacial score (nSPS) is 11.8. The Bertz CT molecular complexity index is 6210. The molecule has 0 amide bonds. The predicted octanol–water partition coefficient (Wildman–Crippen LogP) is 22.9. The van der Waals surface area contributed by atoms with E-state index in [4.69, 9.17) is 9.97 Å². The zero-order chi connectivity index (χ0) is 61.8. The fourth-order valence-electron chi connectivity index (χ4n) is 14.8. The summed E-state index contributed by atoms with van der Waals surface area (Å²) in [6.45, 7) is 0. The van der Waals surface area contributed by atoms with E-state index in [1.165, 1.54) is 76.6 Å². The van der Waals surface area contributed by atoms with E-state index in [0.717, 1.165) is 94.7 Å². The molecule has 19 aromatic rings. The van der Waals surface area contributed by atoms with Crippen LogP contribution in [0.15, 0.2) is 340 Å². The standard InChI is InChI=1S/C88H56N6/c1-4-20-57(21-5-1)58-38-40-59(41-39-58)60-22-18-23-65(50-60)78-56-79(90-88(89-78)94-83-37-17-13-33-73(83)77-55-64(45-49-87(77)94)62-43-47-85-75(53-62)71-31-11-15-35-81(71)92(85)68-27-8-3-9-28-68)66-24-19-29-69(51-66)93-82-36-16-12-32-72(82)76-54-63(44-48-86(76)93)61-42-46-84-74(52-61)70-30-10-14-34-80(70)91(84)67-25-6-2-7-26-67/h1-56H. The lowest BCUT2D eigenvalue weighted by molar-refractivity contribution is 0.995. The number of rotatable bonds is 10. The summed E-state index contributed by atoms with van der Waals surface area (Å²) in [4.78, 5) is 11.3. The van der Waals surface area contributed by atoms with Crippen molar-refractivity contribution >= 4 is 87.2 Å². The lowest BCUT2D eigenvalue weighted by Crippen LogP contribution is -2.04. The molecule has 19 rings (SSSR count). The van der Waals surface area contributed by atoms with Crippen LogP contribution in [0.1, 0.15) is 0 Å². The molecule has 0 aliphatic rings. The SMILES string of the molecule is c1ccc(-c2ccc(-c3cccc(-c4cc(-c5cccc(-n6c7ccccc7c7cc(-c8ccc9c(c8)c8ccccc8n9-c8ccccc8)ccc76)c5)nc(-n5c6ccccc6c6cc(-c7ccc8c(c7)c7ccccc7n8-c7ccccc7)ccc65)n4)c3)cc2)cc1. The molecule has 14 aromatic carbocycles. The minimum absolute atomic E-state index is 0.594. The predicted molar refractivity (Wildman–Crippen MR) is 392 cm³/mol. The van der Waals surface area contributed by atoms with E-state index in [9.17, 15) is 0 Å². The monoisotopic (exact) mass is 1200 g/mol. The first-order valence-corrected chi connectivity index (χ1v) is 32.1. The maximum absolute atomic E-state index is 5.65. The second-order valence-corrected chi connectivity index (χ2v) is 24.5. The lowest BCUT2D eigenvalue weighted by Gasteiger charge is -2.14. The molecule has 0 N–H and O–H groups in total. The molecule has 0 saturated heterocycles. The van der Waals surface area contributed by atoms with Crippen LogP contribution >= 0.6 is 0 Å². The molecule has 0 aliphatic heterocycles. The molecule has 438 valence electrons. The van der Waals surface area contributed by atoms with Gasteiger partial charge in [-0.25, -0.2) is 9.97 Å². The Labute approximate surface area is 542 Å². The topological polar surface area (TPSA) is 45.5 Å². The highest BCUT2D eigenvalue weighted by atomic mass is 15.2. The number of hydrogen-bond acceptors (Lipinski definition) is 2. The quantitative estimate of drug-likeness (QED) is 0.137. The van der Waals surface area contributed by atoms with Crippen molar-refractivity contribution in [3.63, 3.8) is 0 Å². The Morgan fingerprint density at radius 1 is 0.160 bits per heavy atom. The number of hydrogen-bond donors (Lipinski definition) is 0. The first kappa shape index (κ1) is 53.2. The van der Waals surface area contributed by atoms with E-state index in [0.29, 0.717) is 5.95 Å². The van der Waals surface area contributed by atoms with Crippen molar-refractivity contribution < 1.29 is 0 Å². The second-order valence-electron chi connectivity index (χ2n) is 24.5. The Morgan fingerprint density at radius 3 is 0.883 bits per heavy atom. The fourth-order valence-corrected chi connectivity index (χ4v) is 14.8. The number of para-hydroxylation sites is 6. The van der Waals surface area contributed by atoms with Gasteiger partial charge in [-0.3, -0.25) is 4.57 Å². The molecular formula is C88H56N6. The van der Waals surface area contributed by atoms with Crippen LogP contribution in [0.4, 0.5) is 0 Å². The summed E-state index contributed by atoms with van der Waals surface area (Å²) < 4.78 is 9.42. The van der Waals surface area contributed by atoms with E-state index in [1.807, 2.05) is 0 Å². The number of nitrogens with zero attached hydrogens (tertiary/aromatic N) is 6. The van der Waals surface area contributed by atoms with Crippen molar-refractivity contribution in [1.82, 2.24) is 28.2 Å². The number of fused-ring (bicyclic) bond motifs is 12. The van der Waals surface area contributed by atoms with Gasteiger partial charge in [0.2, 0.25) is 5.95 Å². The van der Waals surface area contributed by atoms with Gasteiger partial charge in [-0.2, -0.15) is 0 Å². The zero-order valence-electron chi connectivity index (χ0n) is 51.0. The molecule has 0 spiro atoms. The van der Waals surface area contributed by atoms with Gasteiger partial charge < -0.3 is 13.7 Å². The van der Waals surface area contributed by atoms with Crippen molar-refractivity contribution in [1.29, 1.82) is 0 Å². The molecule has 6 nitrogen and oxygen atoms in total. The lowest BCUT2D eigenvalue weighted by atomic mass is 9.98. The Kier molecular flexibility index (Phi) is 12.2. The maximum atomic E-state index is 5.65. The highest BCUT2D eigenvalue weighted by molar-refractivity contribution is 6.15. The summed E-state index contributed by atoms with van der Waals surface area (Å²) in [6, 6.07) is 123. The Hall–Kier alpha value is -12.6. The van der Waals surface area contributed by atoms with Crippen LogP contribution in [0.5, 0.6) is 0 Å². The minimum Gasteiger partial charge on any atom is -0.309 e. The summed E-state index contributed by atoms with van der Waals surface area (Å²) in [5.74, 6) is 0.594. The van der Waals surface area contributed by atoms with Gasteiger partial charge in [0.15, 0.2) is 0 Å². The Balaban J connectivity index is 0.751. The van der Waals surface area contributed by atoms with Crippen LogP contribution in [0, 0.1) is 0 Å². The molecule has 0 bridgehead atoms. The molecule has 6 heteroatoms. The minimum atomic E-state index is 0.594. The van der Waals surface area contributed by atoms with Crippen molar-refractivity contribution in [3.8, 4) is 90.0 Å². The molecule has 94 heavy (non-hydrogen) atoms. The van der Waals surface area contributed by atoms with E-state index < -0.39 is 0 Å². The molecular weight excluding hydrogens is 1140 g/mol. The third kappa shape index (κ3) is 8.65. The maximum Gasteiger partial charge on any atom is 0.235 e. The smallest absolute Gasteiger partial charge is 0.235 e. The summed E-state index contributed by atoms with van der Waals surface area (Å²) in [5.41, 5.74) is 25.3. The van der Waals surface area contributed by atoms with Crippen LogP contribution in [0.2, 0.25) is 0 Å². The molecule has 0 saturated carbocycles. The molecule has 0 unspecified atom stereocenters. The van der Waals surface area contributed by atoms with E-state index in [1.54, 1.807) is 0 Å². The van der Waals surface area contributed by atoms with Crippen LogP contribution < -0.4 is 0 Å². The van der Waals surface area contributed by atoms with Gasteiger partial charge in [-0.05, 0) is 166 Å². The molecule has 0 radical (unpaired) electrons. The summed E-state index contributed by atoms with van der Waals surface area (Å²) in [6.07, 6.45) is 0. The van der Waals surface area contributed by atoms with Crippen LogP contribution in [0.25, 0.3) is 177 Å². The summed E-state index contributed by atoms with van der Waals surface area (Å²) >= 11 is 0. The fraction of sp³-hybridized carbons (Fsp3) is 0. The summed E-state index contributed by atoms with van der Waals surface area (Å²) in [5, 5.41) is 9.56. The van der Waals surface area contributed by atoms with Crippen molar-refractivity contribution in [2.75, 3.05) is 0 Å². The zero-order valence-corrected chi connectivity index (χ0v) is 51.0. The van der Waals surface area contributed by atoms with E-state index in [2.05, 4.69) is 358 Å². The average molecular weight is 1200 g/mol.